The lowest BCUT2D eigenvalue weighted by Crippen LogP contribution is -2.09. The van der Waals surface area contributed by atoms with Crippen LogP contribution in [0.25, 0.3) is 10.9 Å². The van der Waals surface area contributed by atoms with Crippen molar-refractivity contribution in [2.24, 2.45) is 0 Å². The van der Waals surface area contributed by atoms with E-state index in [1.807, 2.05) is 0 Å². The van der Waals surface area contributed by atoms with Crippen molar-refractivity contribution in [3.05, 3.63) is 46.2 Å². The standard InChI is InChI=1S/C11H9NO3/c1-15-11(14)7-3-2-4-8-10(7)9(13)5-6-12-8/h2-6H,1H3,(H,12,13). The molecule has 1 heterocycles. The van der Waals surface area contributed by atoms with Crippen LogP contribution in [0, 0.1) is 0 Å². The van der Waals surface area contributed by atoms with Crippen LogP contribution in [-0.2, 0) is 4.74 Å². The highest BCUT2D eigenvalue weighted by atomic mass is 16.5. The summed E-state index contributed by atoms with van der Waals surface area (Å²) < 4.78 is 4.61. The lowest BCUT2D eigenvalue weighted by molar-refractivity contribution is 0.0603. The fraction of sp³-hybridized carbons (Fsp3) is 0.0909. The van der Waals surface area contributed by atoms with E-state index < -0.39 is 5.97 Å². The molecule has 76 valence electrons. The second kappa shape index (κ2) is 3.57. The molecule has 0 unspecified atom stereocenters. The number of rotatable bonds is 1. The Morgan fingerprint density at radius 3 is 2.87 bits per heavy atom. The van der Waals surface area contributed by atoms with Crippen LogP contribution in [0.15, 0.2) is 35.3 Å². The molecule has 4 nitrogen and oxygen atoms in total. The summed E-state index contributed by atoms with van der Waals surface area (Å²) in [4.78, 5) is 25.9. The average Bonchev–Trinajstić information content (AvgIpc) is 2.28. The Bertz CT molecular complexity index is 566. The molecule has 0 saturated carbocycles. The molecule has 0 aliphatic rings. The van der Waals surface area contributed by atoms with Gasteiger partial charge < -0.3 is 9.72 Å². The Balaban J connectivity index is 2.86. The lowest BCUT2D eigenvalue weighted by atomic mass is 10.1. The number of fused-ring (bicyclic) bond motifs is 1. The van der Waals surface area contributed by atoms with Crippen LogP contribution in [-0.4, -0.2) is 18.1 Å². The number of carbonyl (C=O) groups is 1. The number of hydrogen-bond acceptors (Lipinski definition) is 3. The average molecular weight is 203 g/mol. The summed E-state index contributed by atoms with van der Waals surface area (Å²) in [6, 6.07) is 6.39. The van der Waals surface area contributed by atoms with Gasteiger partial charge in [0, 0.05) is 12.3 Å². The van der Waals surface area contributed by atoms with Gasteiger partial charge in [0.2, 0.25) is 0 Å². The van der Waals surface area contributed by atoms with Crippen LogP contribution in [0.4, 0.5) is 0 Å². The maximum Gasteiger partial charge on any atom is 0.338 e. The zero-order valence-corrected chi connectivity index (χ0v) is 8.11. The lowest BCUT2D eigenvalue weighted by Gasteiger charge is -2.02. The highest BCUT2D eigenvalue weighted by molar-refractivity contribution is 6.03. The third kappa shape index (κ3) is 1.50. The van der Waals surface area contributed by atoms with Crippen molar-refractivity contribution in [2.45, 2.75) is 0 Å². The van der Waals surface area contributed by atoms with Crippen LogP contribution in [0.3, 0.4) is 0 Å². The highest BCUT2D eigenvalue weighted by Gasteiger charge is 2.11. The molecule has 0 saturated heterocycles. The smallest absolute Gasteiger partial charge is 0.338 e. The summed E-state index contributed by atoms with van der Waals surface area (Å²) >= 11 is 0. The fourth-order valence-electron chi connectivity index (χ4n) is 1.51. The molecule has 0 bridgehead atoms. The fourth-order valence-corrected chi connectivity index (χ4v) is 1.51. The zero-order chi connectivity index (χ0) is 10.8. The second-order valence-electron chi connectivity index (χ2n) is 3.06. The topological polar surface area (TPSA) is 59.2 Å². The summed E-state index contributed by atoms with van der Waals surface area (Å²) in [5.74, 6) is -0.503. The molecule has 1 N–H and O–H groups in total. The van der Waals surface area contributed by atoms with Gasteiger partial charge >= 0.3 is 5.97 Å². The van der Waals surface area contributed by atoms with Gasteiger partial charge in [-0.25, -0.2) is 4.79 Å². The molecule has 0 atom stereocenters. The van der Waals surface area contributed by atoms with Crippen molar-refractivity contribution < 1.29 is 9.53 Å². The molecule has 0 aliphatic carbocycles. The number of ether oxygens (including phenoxy) is 1. The summed E-state index contributed by atoms with van der Waals surface area (Å²) in [7, 11) is 1.29. The number of nitrogens with one attached hydrogen (secondary N) is 1. The van der Waals surface area contributed by atoms with Gasteiger partial charge in [-0.15, -0.1) is 0 Å². The number of benzene rings is 1. The van der Waals surface area contributed by atoms with E-state index in [1.54, 1.807) is 24.4 Å². The molecule has 0 spiro atoms. The normalized spacial score (nSPS) is 10.2. The number of carbonyl (C=O) groups excluding carboxylic acids is 1. The summed E-state index contributed by atoms with van der Waals surface area (Å²) in [6.45, 7) is 0. The zero-order valence-electron chi connectivity index (χ0n) is 8.11. The summed E-state index contributed by atoms with van der Waals surface area (Å²) in [5, 5.41) is 0.367. The van der Waals surface area contributed by atoms with E-state index in [1.165, 1.54) is 13.2 Å². The molecule has 0 aliphatic heterocycles. The monoisotopic (exact) mass is 203 g/mol. The maximum atomic E-state index is 11.6. The quantitative estimate of drug-likeness (QED) is 0.711. The second-order valence-corrected chi connectivity index (χ2v) is 3.06. The molecule has 0 radical (unpaired) electrons. The minimum atomic E-state index is -0.503. The van der Waals surface area contributed by atoms with Crippen LogP contribution in [0.1, 0.15) is 10.4 Å². The van der Waals surface area contributed by atoms with Crippen LogP contribution >= 0.6 is 0 Å². The van der Waals surface area contributed by atoms with Crippen LogP contribution < -0.4 is 5.43 Å². The van der Waals surface area contributed by atoms with Gasteiger partial charge in [-0.05, 0) is 12.1 Å². The van der Waals surface area contributed by atoms with Gasteiger partial charge in [0.05, 0.1) is 23.6 Å². The number of esters is 1. The summed E-state index contributed by atoms with van der Waals surface area (Å²) in [6.07, 6.45) is 1.55. The van der Waals surface area contributed by atoms with E-state index in [0.29, 0.717) is 10.9 Å². The number of methoxy groups -OCH3 is 1. The van der Waals surface area contributed by atoms with E-state index in [4.69, 9.17) is 0 Å². The molecule has 2 aromatic rings. The Morgan fingerprint density at radius 1 is 1.33 bits per heavy atom. The van der Waals surface area contributed by atoms with E-state index in [0.717, 1.165) is 0 Å². The Morgan fingerprint density at radius 2 is 2.13 bits per heavy atom. The van der Waals surface area contributed by atoms with Gasteiger partial charge in [0.15, 0.2) is 5.43 Å². The third-order valence-electron chi connectivity index (χ3n) is 2.19. The minimum Gasteiger partial charge on any atom is -0.465 e. The molecule has 1 aromatic heterocycles. The van der Waals surface area contributed by atoms with Crippen molar-refractivity contribution in [2.75, 3.05) is 7.11 Å². The van der Waals surface area contributed by atoms with Crippen molar-refractivity contribution in [3.63, 3.8) is 0 Å². The number of hydrogen-bond donors (Lipinski definition) is 1. The third-order valence-corrected chi connectivity index (χ3v) is 2.19. The van der Waals surface area contributed by atoms with Crippen molar-refractivity contribution >= 4 is 16.9 Å². The first-order valence-corrected chi connectivity index (χ1v) is 4.43. The number of pyridine rings is 1. The molecule has 0 fully saturated rings. The van der Waals surface area contributed by atoms with Gasteiger partial charge in [0.1, 0.15) is 0 Å². The number of aromatic amines is 1. The van der Waals surface area contributed by atoms with E-state index >= 15 is 0 Å². The molecular weight excluding hydrogens is 194 g/mol. The molecule has 15 heavy (non-hydrogen) atoms. The van der Waals surface area contributed by atoms with Crippen LogP contribution in [0.2, 0.25) is 0 Å². The Hall–Kier alpha value is -2.10. The van der Waals surface area contributed by atoms with E-state index in [-0.39, 0.29) is 11.0 Å². The largest absolute Gasteiger partial charge is 0.465 e. The first-order chi connectivity index (χ1) is 7.24. The Kier molecular flexibility index (Phi) is 2.25. The van der Waals surface area contributed by atoms with Gasteiger partial charge in [-0.2, -0.15) is 0 Å². The predicted molar refractivity (Wildman–Crippen MR) is 55.9 cm³/mol. The van der Waals surface area contributed by atoms with E-state index in [2.05, 4.69) is 9.72 Å². The molecule has 4 heteroatoms. The highest BCUT2D eigenvalue weighted by Crippen LogP contribution is 2.13. The molecule has 1 aromatic carbocycles. The molecular formula is C11H9NO3. The number of H-pyrrole nitrogens is 1. The summed E-state index contributed by atoms with van der Waals surface area (Å²) in [5.41, 5.74) is 0.729. The first-order valence-electron chi connectivity index (χ1n) is 4.43. The van der Waals surface area contributed by atoms with E-state index in [9.17, 15) is 9.59 Å². The van der Waals surface area contributed by atoms with Gasteiger partial charge in [-0.1, -0.05) is 6.07 Å². The van der Waals surface area contributed by atoms with Crippen molar-refractivity contribution in [1.82, 2.24) is 4.98 Å². The van der Waals surface area contributed by atoms with Crippen molar-refractivity contribution in [3.8, 4) is 0 Å². The number of aromatic nitrogens is 1. The van der Waals surface area contributed by atoms with Crippen LogP contribution in [0.5, 0.6) is 0 Å². The SMILES string of the molecule is COC(=O)c1cccc2[nH]ccc(=O)c12. The molecule has 0 amide bonds. The first kappa shape index (κ1) is 9.45. The minimum absolute atomic E-state index is 0.190. The van der Waals surface area contributed by atoms with Gasteiger partial charge in [-0.3, -0.25) is 4.79 Å². The van der Waals surface area contributed by atoms with Crippen molar-refractivity contribution in [1.29, 1.82) is 0 Å². The Labute approximate surface area is 85.5 Å². The van der Waals surface area contributed by atoms with Gasteiger partial charge in [0.25, 0.3) is 0 Å². The predicted octanol–water partition coefficient (Wildman–Crippen LogP) is 1.31. The maximum absolute atomic E-state index is 11.6. The molecule has 2 rings (SSSR count).